The number of hydrogen-bond acceptors (Lipinski definition) is 1. The van der Waals surface area contributed by atoms with Crippen LogP contribution in [0.15, 0.2) is 194 Å². The molecule has 5 nitrogen and oxygen atoms in total. The van der Waals surface area contributed by atoms with Crippen molar-refractivity contribution in [3.63, 3.8) is 0 Å². The van der Waals surface area contributed by atoms with E-state index in [1.165, 1.54) is 71.0 Å². The maximum Gasteiger partial charge on any atom is 0.128 e. The average Bonchev–Trinajstić information content (AvgIpc) is 4.01. The fraction of sp³-hybridized carbons (Fsp3) is 0.0357. The molecule has 288 valence electrons. The Morgan fingerprint density at radius 3 is 1.25 bits per heavy atom. The van der Waals surface area contributed by atoms with Gasteiger partial charge in [0, 0.05) is 90.6 Å². The zero-order chi connectivity index (χ0) is 40.3. The molecule has 61 heavy (non-hydrogen) atoms. The lowest BCUT2D eigenvalue weighted by molar-refractivity contribution is 0.484. The van der Waals surface area contributed by atoms with Crippen molar-refractivity contribution in [3.05, 3.63) is 194 Å². The maximum atomic E-state index is 6.75. The Labute approximate surface area is 351 Å². The zero-order valence-electron chi connectivity index (χ0n) is 33.7. The van der Waals surface area contributed by atoms with E-state index in [0.717, 1.165) is 50.2 Å². The topological polar surface area (TPSA) is 28.9 Å². The number of aromatic nitrogens is 4. The molecular formula is C56H38N4O. The fourth-order valence-corrected chi connectivity index (χ4v) is 10.2. The van der Waals surface area contributed by atoms with Crippen molar-refractivity contribution in [2.24, 2.45) is 14.1 Å². The monoisotopic (exact) mass is 782 g/mol. The number of nitrogens with zero attached hydrogens (tertiary/aromatic N) is 4. The number of rotatable bonds is 5. The van der Waals surface area contributed by atoms with Crippen LogP contribution in [0.5, 0.6) is 11.5 Å². The van der Waals surface area contributed by atoms with Crippen molar-refractivity contribution in [1.82, 2.24) is 18.3 Å². The van der Waals surface area contributed by atoms with Crippen LogP contribution >= 0.6 is 0 Å². The minimum Gasteiger partial charge on any atom is -0.457 e. The van der Waals surface area contributed by atoms with Crippen LogP contribution < -0.4 is 4.74 Å². The van der Waals surface area contributed by atoms with Crippen molar-refractivity contribution in [1.29, 1.82) is 0 Å². The number of fused-ring (bicyclic) bond motifs is 12. The molecule has 0 aliphatic carbocycles. The Morgan fingerprint density at radius 1 is 0.279 bits per heavy atom. The molecule has 0 amide bonds. The van der Waals surface area contributed by atoms with E-state index in [2.05, 4.69) is 226 Å². The Kier molecular flexibility index (Phi) is 7.08. The van der Waals surface area contributed by atoms with Gasteiger partial charge in [-0.3, -0.25) is 0 Å². The molecule has 13 rings (SSSR count). The number of para-hydroxylation sites is 4. The van der Waals surface area contributed by atoms with Gasteiger partial charge in [0.1, 0.15) is 11.5 Å². The first-order valence-electron chi connectivity index (χ1n) is 20.9. The number of hydrogen-bond donors (Lipinski definition) is 0. The summed E-state index contributed by atoms with van der Waals surface area (Å²) in [6, 6.07) is 70.2. The second kappa shape index (κ2) is 12.7. The predicted octanol–water partition coefficient (Wildman–Crippen LogP) is 14.6. The third kappa shape index (κ3) is 4.95. The average molecular weight is 783 g/mol. The van der Waals surface area contributed by atoms with Gasteiger partial charge in [0.25, 0.3) is 0 Å². The minimum absolute atomic E-state index is 0.803. The number of benzene rings is 9. The van der Waals surface area contributed by atoms with Gasteiger partial charge in [-0.15, -0.1) is 0 Å². The molecule has 9 aromatic carbocycles. The van der Waals surface area contributed by atoms with Gasteiger partial charge in [0.15, 0.2) is 0 Å². The van der Waals surface area contributed by atoms with E-state index in [1.54, 1.807) is 0 Å². The summed E-state index contributed by atoms with van der Waals surface area (Å²) in [6.07, 6.45) is 0. The first kappa shape index (κ1) is 33.9. The molecule has 4 aromatic heterocycles. The Morgan fingerprint density at radius 2 is 0.672 bits per heavy atom. The quantitative estimate of drug-likeness (QED) is 0.171. The zero-order valence-corrected chi connectivity index (χ0v) is 33.7. The molecule has 0 aliphatic rings. The molecule has 0 fully saturated rings. The molecule has 0 atom stereocenters. The van der Waals surface area contributed by atoms with Crippen LogP contribution in [0.3, 0.4) is 0 Å². The van der Waals surface area contributed by atoms with Crippen LogP contribution in [0, 0.1) is 0 Å². The first-order chi connectivity index (χ1) is 30.1. The van der Waals surface area contributed by atoms with Crippen LogP contribution in [0.1, 0.15) is 0 Å². The molecule has 5 heteroatoms. The Bertz CT molecular complexity index is 3950. The number of aryl methyl sites for hydroxylation is 2. The van der Waals surface area contributed by atoms with Gasteiger partial charge < -0.3 is 23.0 Å². The van der Waals surface area contributed by atoms with Gasteiger partial charge in [-0.25, -0.2) is 0 Å². The van der Waals surface area contributed by atoms with Gasteiger partial charge in [0.05, 0.1) is 22.1 Å². The van der Waals surface area contributed by atoms with Crippen LogP contribution in [-0.2, 0) is 14.1 Å². The van der Waals surface area contributed by atoms with Crippen LogP contribution in [-0.4, -0.2) is 18.3 Å². The van der Waals surface area contributed by atoms with E-state index in [9.17, 15) is 0 Å². The second-order valence-corrected chi connectivity index (χ2v) is 16.3. The summed E-state index contributed by atoms with van der Waals surface area (Å²) in [7, 11) is 4.30. The third-order valence-electron chi connectivity index (χ3n) is 13.0. The van der Waals surface area contributed by atoms with E-state index in [0.29, 0.717) is 0 Å². The summed E-state index contributed by atoms with van der Waals surface area (Å²) in [5, 5.41) is 9.76. The lowest BCUT2D eigenvalue weighted by atomic mass is 10.0. The van der Waals surface area contributed by atoms with Gasteiger partial charge in [-0.2, -0.15) is 0 Å². The van der Waals surface area contributed by atoms with Gasteiger partial charge in [-0.05, 0) is 114 Å². The van der Waals surface area contributed by atoms with Crippen LogP contribution in [0.25, 0.3) is 110 Å². The molecule has 13 aromatic rings. The highest BCUT2D eigenvalue weighted by atomic mass is 16.5. The highest BCUT2D eigenvalue weighted by molar-refractivity contribution is 6.13. The molecule has 0 spiro atoms. The smallest absolute Gasteiger partial charge is 0.128 e. The highest BCUT2D eigenvalue weighted by Crippen LogP contribution is 2.40. The summed E-state index contributed by atoms with van der Waals surface area (Å²) >= 11 is 0. The molecule has 0 unspecified atom stereocenters. The summed E-state index contributed by atoms with van der Waals surface area (Å²) in [4.78, 5) is 0. The molecule has 0 aliphatic heterocycles. The highest BCUT2D eigenvalue weighted by Gasteiger charge is 2.18. The van der Waals surface area contributed by atoms with E-state index in [1.807, 2.05) is 0 Å². The van der Waals surface area contributed by atoms with E-state index < -0.39 is 0 Å². The van der Waals surface area contributed by atoms with Crippen molar-refractivity contribution in [2.45, 2.75) is 0 Å². The summed E-state index contributed by atoms with van der Waals surface area (Å²) < 4.78 is 16.1. The normalized spacial score (nSPS) is 12.1. The lowest BCUT2D eigenvalue weighted by Gasteiger charge is -2.11. The second-order valence-electron chi connectivity index (χ2n) is 16.3. The standard InChI is InChI=1S/C56H38N4O/c1-57-49-18-7-3-14-41(49)45-31-36(22-26-51(45)57)35-12-11-13-37(30-35)59-53-20-9-5-16-43(53)47-33-39(24-28-55(47)59)61-40-25-29-56-48(34-40)44-17-6-10-21-54(44)60(56)38-23-27-52-46(32-38)42-15-4-8-19-50(42)58(52)2/h3-34H,1-2H3. The maximum absolute atomic E-state index is 6.75. The lowest BCUT2D eigenvalue weighted by Crippen LogP contribution is -1.94. The molecule has 0 radical (unpaired) electrons. The largest absolute Gasteiger partial charge is 0.457 e. The fourth-order valence-electron chi connectivity index (χ4n) is 10.2. The van der Waals surface area contributed by atoms with E-state index in [4.69, 9.17) is 4.74 Å². The van der Waals surface area contributed by atoms with Gasteiger partial charge in [-0.1, -0.05) is 91.0 Å². The molecule has 0 saturated carbocycles. The van der Waals surface area contributed by atoms with Crippen molar-refractivity contribution in [2.75, 3.05) is 0 Å². The van der Waals surface area contributed by atoms with Crippen molar-refractivity contribution >= 4 is 87.2 Å². The molecule has 4 heterocycles. The molecular weight excluding hydrogens is 745 g/mol. The molecule has 0 saturated heterocycles. The molecule has 0 bridgehead atoms. The Hall–Kier alpha value is -8.02. The predicted molar refractivity (Wildman–Crippen MR) is 255 cm³/mol. The summed E-state index contributed by atoms with van der Waals surface area (Å²) in [6.45, 7) is 0. The third-order valence-corrected chi connectivity index (χ3v) is 13.0. The summed E-state index contributed by atoms with van der Waals surface area (Å²) in [5.74, 6) is 1.61. The van der Waals surface area contributed by atoms with Gasteiger partial charge in [0.2, 0.25) is 0 Å². The Balaban J connectivity index is 0.889. The van der Waals surface area contributed by atoms with Crippen molar-refractivity contribution in [3.8, 4) is 34.0 Å². The summed E-state index contributed by atoms with van der Waals surface area (Å²) in [5.41, 5.74) is 14.2. The minimum atomic E-state index is 0.803. The first-order valence-corrected chi connectivity index (χ1v) is 20.9. The SMILES string of the molecule is Cn1c2ccccc2c2cc(-c3cccc(-n4c5ccccc5c5cc(Oc6ccc7c(c6)c6ccccc6n7-c6ccc7c(c6)c6ccccc6n7C)ccc54)c3)ccc21. The van der Waals surface area contributed by atoms with E-state index >= 15 is 0 Å². The number of ether oxygens (including phenoxy) is 1. The van der Waals surface area contributed by atoms with Crippen LogP contribution in [0.2, 0.25) is 0 Å². The molecule has 0 N–H and O–H groups in total. The van der Waals surface area contributed by atoms with Gasteiger partial charge >= 0.3 is 0 Å². The van der Waals surface area contributed by atoms with E-state index in [-0.39, 0.29) is 0 Å². The van der Waals surface area contributed by atoms with Crippen molar-refractivity contribution < 1.29 is 4.74 Å². The van der Waals surface area contributed by atoms with Crippen LogP contribution in [0.4, 0.5) is 0 Å².